The third-order valence-corrected chi connectivity index (χ3v) is 3.66. The van der Waals surface area contributed by atoms with E-state index in [1.807, 2.05) is 25.1 Å². The Morgan fingerprint density at radius 3 is 2.75 bits per heavy atom. The van der Waals surface area contributed by atoms with Gasteiger partial charge in [0, 0.05) is 6.20 Å². The molecule has 0 saturated carbocycles. The van der Waals surface area contributed by atoms with E-state index in [1.165, 1.54) is 11.8 Å². The van der Waals surface area contributed by atoms with Gasteiger partial charge in [-0.25, -0.2) is 4.98 Å². The molecule has 0 radical (unpaired) electrons. The summed E-state index contributed by atoms with van der Waals surface area (Å²) < 4.78 is 0. The molecule has 0 aliphatic heterocycles. The zero-order valence-corrected chi connectivity index (χ0v) is 11.7. The van der Waals surface area contributed by atoms with E-state index in [-0.39, 0.29) is 11.2 Å². The van der Waals surface area contributed by atoms with Crippen molar-refractivity contribution in [2.45, 2.75) is 17.2 Å². The molecule has 20 heavy (non-hydrogen) atoms. The van der Waals surface area contributed by atoms with Crippen LogP contribution in [0.4, 0.5) is 5.69 Å². The normalized spacial score (nSPS) is 11.4. The number of benzene rings is 1. The van der Waals surface area contributed by atoms with Crippen LogP contribution in [0.25, 0.3) is 0 Å². The molecule has 1 atom stereocenters. The Hall–Kier alpha value is -2.32. The Balaban J connectivity index is 2.03. The van der Waals surface area contributed by atoms with Crippen molar-refractivity contribution in [3.63, 3.8) is 0 Å². The number of carbonyl (C=O) groups excluding carboxylic acids is 1. The van der Waals surface area contributed by atoms with E-state index in [1.54, 1.807) is 30.5 Å². The van der Waals surface area contributed by atoms with Gasteiger partial charge < -0.3 is 5.32 Å². The highest BCUT2D eigenvalue weighted by atomic mass is 32.2. The summed E-state index contributed by atoms with van der Waals surface area (Å²) in [5.41, 5.74) is 0.990. The van der Waals surface area contributed by atoms with Crippen molar-refractivity contribution in [2.24, 2.45) is 0 Å². The molecule has 0 unspecified atom stereocenters. The van der Waals surface area contributed by atoms with Crippen LogP contribution in [0.2, 0.25) is 0 Å². The maximum Gasteiger partial charge on any atom is 0.237 e. The fourth-order valence-electron chi connectivity index (χ4n) is 1.58. The molecule has 0 aliphatic carbocycles. The second-order valence-corrected chi connectivity index (χ2v) is 5.44. The smallest absolute Gasteiger partial charge is 0.237 e. The Labute approximate surface area is 121 Å². The van der Waals surface area contributed by atoms with Gasteiger partial charge in [0.05, 0.1) is 21.5 Å². The second kappa shape index (κ2) is 6.73. The summed E-state index contributed by atoms with van der Waals surface area (Å²) in [6.07, 6.45) is 1.69. The van der Waals surface area contributed by atoms with E-state index < -0.39 is 0 Å². The van der Waals surface area contributed by atoms with Gasteiger partial charge in [-0.3, -0.25) is 4.79 Å². The Bertz CT molecular complexity index is 637. The number of anilines is 1. The molecule has 0 aliphatic rings. The summed E-state index contributed by atoms with van der Waals surface area (Å²) in [6, 6.07) is 14.6. The van der Waals surface area contributed by atoms with Crippen LogP contribution in [0.5, 0.6) is 0 Å². The van der Waals surface area contributed by atoms with Crippen molar-refractivity contribution in [1.82, 2.24) is 4.98 Å². The number of rotatable bonds is 4. The lowest BCUT2D eigenvalue weighted by molar-refractivity contribution is -0.115. The van der Waals surface area contributed by atoms with Gasteiger partial charge in [-0.15, -0.1) is 0 Å². The van der Waals surface area contributed by atoms with E-state index in [0.717, 1.165) is 5.03 Å². The number of carbonyl (C=O) groups is 1. The number of nitriles is 1. The molecule has 0 bridgehead atoms. The van der Waals surface area contributed by atoms with Crippen molar-refractivity contribution in [3.05, 3.63) is 54.2 Å². The average Bonchev–Trinajstić information content (AvgIpc) is 2.48. The number of amides is 1. The Morgan fingerprint density at radius 2 is 2.05 bits per heavy atom. The molecule has 1 aromatic carbocycles. The standard InChI is InChI=1S/C15H13N3OS/c1-11(20-14-8-4-5-9-17-14)15(19)18-13-7-3-2-6-12(13)10-16/h2-9,11H,1H3,(H,18,19)/t11-/m0/s1. The maximum atomic E-state index is 12.1. The maximum absolute atomic E-state index is 12.1. The molecule has 2 aromatic rings. The van der Waals surface area contributed by atoms with Crippen molar-refractivity contribution < 1.29 is 4.79 Å². The van der Waals surface area contributed by atoms with Crippen LogP contribution < -0.4 is 5.32 Å². The molecule has 1 N–H and O–H groups in total. The molecule has 0 spiro atoms. The summed E-state index contributed by atoms with van der Waals surface area (Å²) in [6.45, 7) is 1.81. The number of nitrogens with zero attached hydrogens (tertiary/aromatic N) is 2. The molecule has 0 saturated heterocycles. The molecule has 1 heterocycles. The number of pyridine rings is 1. The summed E-state index contributed by atoms with van der Waals surface area (Å²) in [7, 11) is 0. The molecule has 4 nitrogen and oxygen atoms in total. The Kier molecular flexibility index (Phi) is 4.75. The lowest BCUT2D eigenvalue weighted by Crippen LogP contribution is -2.22. The highest BCUT2D eigenvalue weighted by Gasteiger charge is 2.16. The van der Waals surface area contributed by atoms with Gasteiger partial charge in [0.1, 0.15) is 6.07 Å². The molecule has 1 aromatic heterocycles. The minimum atomic E-state index is -0.295. The first kappa shape index (κ1) is 14.1. The SMILES string of the molecule is C[C@H](Sc1ccccn1)C(=O)Nc1ccccc1C#N. The first-order valence-electron chi connectivity index (χ1n) is 6.08. The Morgan fingerprint density at radius 1 is 1.30 bits per heavy atom. The van der Waals surface area contributed by atoms with Gasteiger partial charge in [-0.2, -0.15) is 5.26 Å². The van der Waals surface area contributed by atoms with Gasteiger partial charge in [0.2, 0.25) is 5.91 Å². The van der Waals surface area contributed by atoms with Crippen LogP contribution in [-0.4, -0.2) is 16.1 Å². The van der Waals surface area contributed by atoms with Crippen LogP contribution in [0.15, 0.2) is 53.7 Å². The number of hydrogen-bond acceptors (Lipinski definition) is 4. The third-order valence-electron chi connectivity index (χ3n) is 2.61. The zero-order chi connectivity index (χ0) is 14.4. The highest BCUT2D eigenvalue weighted by Crippen LogP contribution is 2.22. The summed E-state index contributed by atoms with van der Waals surface area (Å²) in [4.78, 5) is 16.3. The minimum Gasteiger partial charge on any atom is -0.324 e. The van der Waals surface area contributed by atoms with Gasteiger partial charge in [0.15, 0.2) is 0 Å². The van der Waals surface area contributed by atoms with Gasteiger partial charge in [0.25, 0.3) is 0 Å². The number of hydrogen-bond donors (Lipinski definition) is 1. The quantitative estimate of drug-likeness (QED) is 0.876. The number of nitrogens with one attached hydrogen (secondary N) is 1. The van der Waals surface area contributed by atoms with Gasteiger partial charge in [-0.05, 0) is 31.2 Å². The van der Waals surface area contributed by atoms with Crippen molar-refractivity contribution in [2.75, 3.05) is 5.32 Å². The lowest BCUT2D eigenvalue weighted by Gasteiger charge is -2.12. The predicted octanol–water partition coefficient (Wildman–Crippen LogP) is 3.07. The molecule has 1 amide bonds. The van der Waals surface area contributed by atoms with Crippen molar-refractivity contribution in [3.8, 4) is 6.07 Å². The van der Waals surface area contributed by atoms with Crippen molar-refractivity contribution in [1.29, 1.82) is 5.26 Å². The number of aromatic nitrogens is 1. The van der Waals surface area contributed by atoms with Gasteiger partial charge >= 0.3 is 0 Å². The molecule has 100 valence electrons. The monoisotopic (exact) mass is 283 g/mol. The number of thioether (sulfide) groups is 1. The fraction of sp³-hybridized carbons (Fsp3) is 0.133. The van der Waals surface area contributed by atoms with Gasteiger partial charge in [-0.1, -0.05) is 30.0 Å². The van der Waals surface area contributed by atoms with Crippen LogP contribution >= 0.6 is 11.8 Å². The lowest BCUT2D eigenvalue weighted by atomic mass is 10.2. The number of para-hydroxylation sites is 1. The molecular weight excluding hydrogens is 270 g/mol. The van der Waals surface area contributed by atoms with E-state index in [0.29, 0.717) is 11.3 Å². The van der Waals surface area contributed by atoms with Crippen LogP contribution in [0, 0.1) is 11.3 Å². The third kappa shape index (κ3) is 3.59. The first-order chi connectivity index (χ1) is 9.70. The van der Waals surface area contributed by atoms with Crippen LogP contribution in [0.1, 0.15) is 12.5 Å². The largest absolute Gasteiger partial charge is 0.324 e. The van der Waals surface area contributed by atoms with E-state index in [4.69, 9.17) is 5.26 Å². The van der Waals surface area contributed by atoms with Crippen LogP contribution in [0.3, 0.4) is 0 Å². The second-order valence-electron chi connectivity index (χ2n) is 4.07. The first-order valence-corrected chi connectivity index (χ1v) is 6.96. The summed E-state index contributed by atoms with van der Waals surface area (Å²) >= 11 is 1.38. The molecular formula is C15H13N3OS. The zero-order valence-electron chi connectivity index (χ0n) is 10.9. The molecule has 5 heteroatoms. The average molecular weight is 283 g/mol. The highest BCUT2D eigenvalue weighted by molar-refractivity contribution is 8.00. The summed E-state index contributed by atoms with van der Waals surface area (Å²) in [5, 5.41) is 12.3. The van der Waals surface area contributed by atoms with Crippen LogP contribution in [-0.2, 0) is 4.79 Å². The van der Waals surface area contributed by atoms with E-state index in [2.05, 4.69) is 16.4 Å². The molecule has 2 rings (SSSR count). The fourth-order valence-corrected chi connectivity index (χ4v) is 2.38. The predicted molar refractivity (Wildman–Crippen MR) is 79.3 cm³/mol. The van der Waals surface area contributed by atoms with Crippen molar-refractivity contribution >= 4 is 23.4 Å². The summed E-state index contributed by atoms with van der Waals surface area (Å²) in [5.74, 6) is -0.150. The van der Waals surface area contributed by atoms with E-state index >= 15 is 0 Å². The van der Waals surface area contributed by atoms with E-state index in [9.17, 15) is 4.79 Å². The topological polar surface area (TPSA) is 65.8 Å². The molecule has 0 fully saturated rings. The minimum absolute atomic E-state index is 0.150.